The van der Waals surface area contributed by atoms with Gasteiger partial charge in [0, 0.05) is 21.1 Å². The first-order chi connectivity index (χ1) is 12.2. The molecule has 0 aromatic heterocycles. The number of hydrogen-bond donors (Lipinski definition) is 2. The summed E-state index contributed by atoms with van der Waals surface area (Å²) in [6, 6.07) is 7.01. The summed E-state index contributed by atoms with van der Waals surface area (Å²) in [5.41, 5.74) is 6.72. The highest BCUT2D eigenvalue weighted by molar-refractivity contribution is 9.11. The number of rotatable bonds is 5. The van der Waals surface area contributed by atoms with Crippen molar-refractivity contribution in [2.24, 2.45) is 0 Å². The number of non-ortho nitro benzene ring substituents is 1. The van der Waals surface area contributed by atoms with Crippen molar-refractivity contribution in [2.45, 2.75) is 6.92 Å². The smallest absolute Gasteiger partial charge is 0.340 e. The first-order valence-electron chi connectivity index (χ1n) is 7.15. The number of hydrogen-bond acceptors (Lipinski definition) is 6. The van der Waals surface area contributed by atoms with E-state index < -0.39 is 23.4 Å². The van der Waals surface area contributed by atoms with Crippen LogP contribution in [0.1, 0.15) is 15.9 Å². The van der Waals surface area contributed by atoms with Crippen LogP contribution < -0.4 is 11.1 Å². The number of esters is 1. The van der Waals surface area contributed by atoms with Crippen molar-refractivity contribution in [2.75, 3.05) is 17.7 Å². The van der Waals surface area contributed by atoms with Crippen molar-refractivity contribution < 1.29 is 19.2 Å². The second-order valence-electron chi connectivity index (χ2n) is 5.26. The van der Waals surface area contributed by atoms with Crippen LogP contribution in [0.15, 0.2) is 39.3 Å². The first kappa shape index (κ1) is 19.9. The van der Waals surface area contributed by atoms with E-state index in [1.165, 1.54) is 6.07 Å². The van der Waals surface area contributed by atoms with Crippen molar-refractivity contribution in [3.8, 4) is 0 Å². The van der Waals surface area contributed by atoms with Gasteiger partial charge in [0.25, 0.3) is 11.6 Å². The molecule has 0 aliphatic heterocycles. The van der Waals surface area contributed by atoms with Gasteiger partial charge in [-0.25, -0.2) is 4.79 Å². The number of benzene rings is 2. The van der Waals surface area contributed by atoms with E-state index in [9.17, 15) is 19.7 Å². The van der Waals surface area contributed by atoms with Gasteiger partial charge in [0.15, 0.2) is 6.61 Å². The summed E-state index contributed by atoms with van der Waals surface area (Å²) in [4.78, 5) is 34.1. The molecular formula is C16H13Br2N3O5. The molecule has 8 nitrogen and oxygen atoms in total. The van der Waals surface area contributed by atoms with Crippen molar-refractivity contribution in [1.82, 2.24) is 0 Å². The van der Waals surface area contributed by atoms with Gasteiger partial charge in [-0.15, -0.1) is 0 Å². The Morgan fingerprint density at radius 1 is 1.23 bits per heavy atom. The summed E-state index contributed by atoms with van der Waals surface area (Å²) >= 11 is 6.69. The molecule has 0 saturated carbocycles. The summed E-state index contributed by atoms with van der Waals surface area (Å²) in [6.45, 7) is 1.36. The summed E-state index contributed by atoms with van der Waals surface area (Å²) < 4.78 is 6.26. The summed E-state index contributed by atoms with van der Waals surface area (Å²) in [5.74, 6) is -1.40. The summed E-state index contributed by atoms with van der Waals surface area (Å²) in [6.07, 6.45) is 0. The van der Waals surface area contributed by atoms with Crippen LogP contribution in [0, 0.1) is 17.0 Å². The number of aryl methyl sites for hydroxylation is 1. The highest BCUT2D eigenvalue weighted by atomic mass is 79.9. The maximum absolute atomic E-state index is 12.0. The van der Waals surface area contributed by atoms with Crippen molar-refractivity contribution in [3.05, 3.63) is 60.5 Å². The van der Waals surface area contributed by atoms with Gasteiger partial charge in [-0.2, -0.15) is 0 Å². The van der Waals surface area contributed by atoms with Gasteiger partial charge >= 0.3 is 5.97 Å². The number of nitrogens with zero attached hydrogens (tertiary/aromatic N) is 1. The van der Waals surface area contributed by atoms with Gasteiger partial charge < -0.3 is 15.8 Å². The van der Waals surface area contributed by atoms with Crippen LogP contribution in [0.25, 0.3) is 0 Å². The third-order valence-electron chi connectivity index (χ3n) is 3.25. The van der Waals surface area contributed by atoms with Gasteiger partial charge in [-0.05, 0) is 62.5 Å². The minimum atomic E-state index is -0.852. The Bertz CT molecular complexity index is 878. The molecule has 1 amide bonds. The minimum Gasteiger partial charge on any atom is -0.452 e. The van der Waals surface area contributed by atoms with E-state index >= 15 is 0 Å². The highest BCUT2D eigenvalue weighted by Crippen LogP contribution is 2.32. The third kappa shape index (κ3) is 4.79. The zero-order valence-electron chi connectivity index (χ0n) is 13.4. The average Bonchev–Trinajstić information content (AvgIpc) is 2.55. The Labute approximate surface area is 165 Å². The number of nitrogens with one attached hydrogen (secondary N) is 1. The molecule has 0 fully saturated rings. The maximum Gasteiger partial charge on any atom is 0.340 e. The highest BCUT2D eigenvalue weighted by Gasteiger charge is 2.17. The number of nitro groups is 1. The summed E-state index contributed by atoms with van der Waals surface area (Å²) in [5, 5.41) is 13.3. The number of ether oxygens (including phenoxy) is 1. The number of anilines is 2. The second-order valence-corrected chi connectivity index (χ2v) is 6.97. The second kappa shape index (κ2) is 8.28. The monoisotopic (exact) mass is 485 g/mol. The maximum atomic E-state index is 12.0. The number of carbonyl (C=O) groups excluding carboxylic acids is 2. The largest absolute Gasteiger partial charge is 0.452 e. The predicted molar refractivity (Wildman–Crippen MR) is 103 cm³/mol. The Balaban J connectivity index is 2.01. The van der Waals surface area contributed by atoms with Crippen molar-refractivity contribution in [3.63, 3.8) is 0 Å². The number of nitrogen functional groups attached to an aromatic ring is 1. The van der Waals surface area contributed by atoms with Crippen molar-refractivity contribution in [1.29, 1.82) is 0 Å². The zero-order chi connectivity index (χ0) is 19.4. The SMILES string of the molecule is Cc1cc(Br)c(NC(=O)COC(=O)c2ccc([N+](=O)[O-])cc2N)c(Br)c1. The van der Waals surface area contributed by atoms with Gasteiger partial charge in [0.05, 0.1) is 21.9 Å². The molecule has 0 aliphatic rings. The normalized spacial score (nSPS) is 10.3. The number of amides is 1. The van der Waals surface area contributed by atoms with Crippen LogP contribution in [0.5, 0.6) is 0 Å². The molecule has 2 aromatic rings. The van der Waals surface area contributed by atoms with E-state index in [2.05, 4.69) is 37.2 Å². The fourth-order valence-corrected chi connectivity index (χ4v) is 3.67. The van der Waals surface area contributed by atoms with E-state index in [-0.39, 0.29) is 16.9 Å². The molecule has 136 valence electrons. The lowest BCUT2D eigenvalue weighted by Crippen LogP contribution is -2.21. The van der Waals surface area contributed by atoms with Gasteiger partial charge in [-0.3, -0.25) is 14.9 Å². The summed E-state index contributed by atoms with van der Waals surface area (Å²) in [7, 11) is 0. The molecule has 0 atom stereocenters. The topological polar surface area (TPSA) is 125 Å². The number of halogens is 2. The van der Waals surface area contributed by atoms with Crippen molar-refractivity contribution >= 4 is 60.8 Å². The molecule has 2 aromatic carbocycles. The van der Waals surface area contributed by atoms with Gasteiger partial charge in [0.2, 0.25) is 0 Å². The van der Waals surface area contributed by atoms with Gasteiger partial charge in [0.1, 0.15) is 0 Å². The Morgan fingerprint density at radius 2 is 1.85 bits per heavy atom. The van der Waals surface area contributed by atoms with Crippen LogP contribution in [0.4, 0.5) is 17.1 Å². The molecule has 26 heavy (non-hydrogen) atoms. The molecule has 0 spiro atoms. The van der Waals surface area contributed by atoms with E-state index in [1.54, 1.807) is 0 Å². The number of carbonyl (C=O) groups is 2. The Hall–Kier alpha value is -2.46. The lowest BCUT2D eigenvalue weighted by atomic mass is 10.1. The molecule has 10 heteroatoms. The molecule has 0 heterocycles. The van der Waals surface area contributed by atoms with Crippen LogP contribution in [0.2, 0.25) is 0 Å². The zero-order valence-corrected chi connectivity index (χ0v) is 16.6. The van der Waals surface area contributed by atoms with Crippen LogP contribution >= 0.6 is 31.9 Å². The van der Waals surface area contributed by atoms with Crippen LogP contribution in [0.3, 0.4) is 0 Å². The van der Waals surface area contributed by atoms with Crippen LogP contribution in [-0.4, -0.2) is 23.4 Å². The molecule has 0 bridgehead atoms. The minimum absolute atomic E-state index is 0.0545. The predicted octanol–water partition coefficient (Wildman–Crippen LogP) is 3.81. The Kier molecular flexibility index (Phi) is 6.32. The van der Waals surface area contributed by atoms with E-state index in [0.29, 0.717) is 14.6 Å². The van der Waals surface area contributed by atoms with E-state index in [1.807, 2.05) is 19.1 Å². The molecule has 0 aliphatic carbocycles. The fourth-order valence-electron chi connectivity index (χ4n) is 2.05. The van der Waals surface area contributed by atoms with Crippen LogP contribution in [-0.2, 0) is 9.53 Å². The molecular weight excluding hydrogens is 474 g/mol. The molecule has 0 radical (unpaired) electrons. The standard InChI is InChI=1S/C16H13Br2N3O5/c1-8-4-11(17)15(12(18)5-8)20-14(22)7-26-16(23)10-3-2-9(21(24)25)6-13(10)19/h2-6H,7,19H2,1H3,(H,20,22). The fraction of sp³-hybridized carbons (Fsp3) is 0.125. The molecule has 0 saturated heterocycles. The third-order valence-corrected chi connectivity index (χ3v) is 4.50. The average molecular weight is 487 g/mol. The number of nitro benzene ring substituents is 1. The van der Waals surface area contributed by atoms with E-state index in [0.717, 1.165) is 17.7 Å². The lowest BCUT2D eigenvalue weighted by Gasteiger charge is -2.11. The molecule has 3 N–H and O–H groups in total. The van der Waals surface area contributed by atoms with E-state index in [4.69, 9.17) is 10.5 Å². The first-order valence-corrected chi connectivity index (χ1v) is 8.74. The number of nitrogens with two attached hydrogens (primary N) is 1. The Morgan fingerprint density at radius 3 is 2.38 bits per heavy atom. The lowest BCUT2D eigenvalue weighted by molar-refractivity contribution is -0.384. The van der Waals surface area contributed by atoms with Gasteiger partial charge in [-0.1, -0.05) is 0 Å². The molecule has 0 unspecified atom stereocenters. The quantitative estimate of drug-likeness (QED) is 0.286. The molecule has 2 rings (SSSR count).